The Morgan fingerprint density at radius 3 is 2.32 bits per heavy atom. The Hall–Kier alpha value is -1.43. The molecule has 106 valence electrons. The van der Waals surface area contributed by atoms with Crippen LogP contribution in [0.3, 0.4) is 0 Å². The largest absolute Gasteiger partial charge is 0.573 e. The van der Waals surface area contributed by atoms with Crippen molar-refractivity contribution in [3.8, 4) is 11.5 Å². The molecule has 0 amide bonds. The van der Waals surface area contributed by atoms with E-state index in [2.05, 4.69) is 4.74 Å². The van der Waals surface area contributed by atoms with Crippen LogP contribution in [0.15, 0.2) is 24.3 Å². The molecule has 0 aliphatic heterocycles. The highest BCUT2D eigenvalue weighted by Crippen LogP contribution is 2.49. The van der Waals surface area contributed by atoms with Gasteiger partial charge in [-0.25, -0.2) is 0 Å². The maximum absolute atomic E-state index is 12.2. The zero-order valence-electron chi connectivity index (χ0n) is 10.4. The molecule has 3 nitrogen and oxygen atoms in total. The number of alkyl halides is 3. The lowest BCUT2D eigenvalue weighted by atomic mass is 10.0. The molecular weight excluding hydrogens is 259 g/mol. The van der Waals surface area contributed by atoms with Crippen molar-refractivity contribution in [3.63, 3.8) is 0 Å². The number of rotatable bonds is 6. The van der Waals surface area contributed by atoms with Crippen LogP contribution in [0.4, 0.5) is 13.2 Å². The van der Waals surface area contributed by atoms with Gasteiger partial charge < -0.3 is 15.2 Å². The van der Waals surface area contributed by atoms with Gasteiger partial charge in [-0.15, -0.1) is 13.2 Å². The van der Waals surface area contributed by atoms with Crippen molar-refractivity contribution >= 4 is 0 Å². The zero-order valence-corrected chi connectivity index (χ0v) is 10.4. The lowest BCUT2D eigenvalue weighted by Crippen LogP contribution is -2.20. The van der Waals surface area contributed by atoms with E-state index in [1.54, 1.807) is 6.07 Å². The molecule has 0 spiro atoms. The topological polar surface area (TPSA) is 44.5 Å². The van der Waals surface area contributed by atoms with Crippen molar-refractivity contribution in [2.45, 2.75) is 25.6 Å². The SMILES string of the molecule is NCCC1(COc2ccccc2OC(F)(F)F)CC1. The van der Waals surface area contributed by atoms with Gasteiger partial charge in [-0.05, 0) is 37.9 Å². The monoisotopic (exact) mass is 275 g/mol. The maximum Gasteiger partial charge on any atom is 0.573 e. The van der Waals surface area contributed by atoms with E-state index in [1.165, 1.54) is 18.2 Å². The van der Waals surface area contributed by atoms with Crippen LogP contribution in [0.2, 0.25) is 0 Å². The quantitative estimate of drug-likeness (QED) is 0.867. The van der Waals surface area contributed by atoms with Crippen LogP contribution in [-0.4, -0.2) is 19.5 Å². The van der Waals surface area contributed by atoms with Crippen LogP contribution in [0.5, 0.6) is 11.5 Å². The molecule has 0 heterocycles. The third-order valence-corrected chi connectivity index (χ3v) is 3.24. The van der Waals surface area contributed by atoms with Crippen molar-refractivity contribution in [2.75, 3.05) is 13.2 Å². The fourth-order valence-corrected chi connectivity index (χ4v) is 1.96. The Morgan fingerprint density at radius 2 is 1.79 bits per heavy atom. The standard InChI is InChI=1S/C13H16F3NO2/c14-13(15,16)19-11-4-2-1-3-10(11)18-9-12(5-6-12)7-8-17/h1-4H,5-9,17H2. The first-order chi connectivity index (χ1) is 8.94. The Labute approximate surface area is 109 Å². The lowest BCUT2D eigenvalue weighted by molar-refractivity contribution is -0.275. The molecule has 1 aromatic carbocycles. The molecule has 0 atom stereocenters. The molecule has 0 radical (unpaired) electrons. The van der Waals surface area contributed by atoms with Crippen LogP contribution >= 0.6 is 0 Å². The third-order valence-electron chi connectivity index (χ3n) is 3.24. The van der Waals surface area contributed by atoms with Gasteiger partial charge in [0.1, 0.15) is 0 Å². The molecule has 1 aliphatic rings. The van der Waals surface area contributed by atoms with E-state index in [0.29, 0.717) is 13.2 Å². The number of nitrogens with two attached hydrogens (primary N) is 1. The summed E-state index contributed by atoms with van der Waals surface area (Å²) in [5, 5.41) is 0. The summed E-state index contributed by atoms with van der Waals surface area (Å²) in [5.41, 5.74) is 5.55. The summed E-state index contributed by atoms with van der Waals surface area (Å²) in [4.78, 5) is 0. The van der Waals surface area contributed by atoms with Gasteiger partial charge in [0, 0.05) is 5.41 Å². The molecule has 1 aliphatic carbocycles. The third kappa shape index (κ3) is 4.02. The second kappa shape index (κ2) is 5.28. The summed E-state index contributed by atoms with van der Waals surface area (Å²) in [6, 6.07) is 5.80. The molecule has 2 N–H and O–H groups in total. The maximum atomic E-state index is 12.2. The molecule has 0 aromatic heterocycles. The molecular formula is C13H16F3NO2. The first kappa shape index (κ1) is 14.0. The molecule has 1 aromatic rings. The molecule has 0 saturated heterocycles. The van der Waals surface area contributed by atoms with Crippen LogP contribution in [0.25, 0.3) is 0 Å². The Bertz CT molecular complexity index is 430. The minimum Gasteiger partial charge on any atom is -0.489 e. The first-order valence-electron chi connectivity index (χ1n) is 6.12. The molecule has 0 bridgehead atoms. The summed E-state index contributed by atoms with van der Waals surface area (Å²) in [6.07, 6.45) is -1.87. The highest BCUT2D eigenvalue weighted by atomic mass is 19.4. The lowest BCUT2D eigenvalue weighted by Gasteiger charge is -2.18. The normalized spacial score (nSPS) is 17.1. The van der Waals surface area contributed by atoms with E-state index < -0.39 is 6.36 Å². The van der Waals surface area contributed by atoms with Crippen LogP contribution in [-0.2, 0) is 0 Å². The molecule has 6 heteroatoms. The number of para-hydroxylation sites is 2. The average molecular weight is 275 g/mol. The number of hydrogen-bond donors (Lipinski definition) is 1. The number of benzene rings is 1. The molecule has 1 saturated carbocycles. The molecule has 0 unspecified atom stereocenters. The van der Waals surface area contributed by atoms with Crippen molar-refractivity contribution in [1.82, 2.24) is 0 Å². The van der Waals surface area contributed by atoms with Gasteiger partial charge in [0.15, 0.2) is 11.5 Å². The van der Waals surface area contributed by atoms with Crippen LogP contribution in [0, 0.1) is 5.41 Å². The highest BCUT2D eigenvalue weighted by molar-refractivity contribution is 5.39. The van der Waals surface area contributed by atoms with E-state index in [9.17, 15) is 13.2 Å². The van der Waals surface area contributed by atoms with Crippen LogP contribution < -0.4 is 15.2 Å². The summed E-state index contributed by atoms with van der Waals surface area (Å²) in [5.74, 6) is -0.193. The summed E-state index contributed by atoms with van der Waals surface area (Å²) in [6.45, 7) is 0.937. The second-order valence-corrected chi connectivity index (χ2v) is 4.82. The number of halogens is 3. The Morgan fingerprint density at radius 1 is 1.16 bits per heavy atom. The van der Waals surface area contributed by atoms with E-state index >= 15 is 0 Å². The van der Waals surface area contributed by atoms with Crippen molar-refractivity contribution in [1.29, 1.82) is 0 Å². The van der Waals surface area contributed by atoms with E-state index in [-0.39, 0.29) is 16.9 Å². The summed E-state index contributed by atoms with van der Waals surface area (Å²) >= 11 is 0. The van der Waals surface area contributed by atoms with Gasteiger partial charge in [-0.1, -0.05) is 12.1 Å². The summed E-state index contributed by atoms with van der Waals surface area (Å²) in [7, 11) is 0. The molecule has 2 rings (SSSR count). The van der Waals surface area contributed by atoms with Crippen molar-refractivity contribution < 1.29 is 22.6 Å². The predicted molar refractivity (Wildman–Crippen MR) is 64.0 cm³/mol. The van der Waals surface area contributed by atoms with Gasteiger partial charge >= 0.3 is 6.36 Å². The number of hydrogen-bond acceptors (Lipinski definition) is 3. The number of ether oxygens (including phenoxy) is 2. The smallest absolute Gasteiger partial charge is 0.489 e. The fraction of sp³-hybridized carbons (Fsp3) is 0.538. The summed E-state index contributed by atoms with van der Waals surface area (Å²) < 4.78 is 46.1. The molecule has 19 heavy (non-hydrogen) atoms. The van der Waals surface area contributed by atoms with Gasteiger partial charge in [-0.2, -0.15) is 0 Å². The average Bonchev–Trinajstić information content (AvgIpc) is 3.07. The Balaban J connectivity index is 2.00. The predicted octanol–water partition coefficient (Wildman–Crippen LogP) is 3.09. The Kier molecular flexibility index (Phi) is 3.89. The van der Waals surface area contributed by atoms with Gasteiger partial charge in [0.25, 0.3) is 0 Å². The van der Waals surface area contributed by atoms with Crippen molar-refractivity contribution in [3.05, 3.63) is 24.3 Å². The zero-order chi connectivity index (χ0) is 13.9. The van der Waals surface area contributed by atoms with Crippen molar-refractivity contribution in [2.24, 2.45) is 11.1 Å². The first-order valence-corrected chi connectivity index (χ1v) is 6.12. The van der Waals surface area contributed by atoms with Gasteiger partial charge in [-0.3, -0.25) is 0 Å². The van der Waals surface area contributed by atoms with Gasteiger partial charge in [0.2, 0.25) is 0 Å². The van der Waals surface area contributed by atoms with Gasteiger partial charge in [0.05, 0.1) is 6.61 Å². The van der Waals surface area contributed by atoms with E-state index in [0.717, 1.165) is 19.3 Å². The van der Waals surface area contributed by atoms with Crippen LogP contribution in [0.1, 0.15) is 19.3 Å². The minimum atomic E-state index is -4.71. The molecule has 1 fully saturated rings. The fourth-order valence-electron chi connectivity index (χ4n) is 1.96. The van der Waals surface area contributed by atoms with E-state index in [4.69, 9.17) is 10.5 Å². The van der Waals surface area contributed by atoms with E-state index in [1.807, 2.05) is 0 Å². The second-order valence-electron chi connectivity index (χ2n) is 4.82. The highest BCUT2D eigenvalue weighted by Gasteiger charge is 2.42. The minimum absolute atomic E-state index is 0.0418.